The van der Waals surface area contributed by atoms with E-state index in [1.54, 1.807) is 12.1 Å². The van der Waals surface area contributed by atoms with Gasteiger partial charge in [0.1, 0.15) is 11.9 Å². The fourth-order valence-corrected chi connectivity index (χ4v) is 3.11. The van der Waals surface area contributed by atoms with Crippen LogP contribution in [0, 0.1) is 5.82 Å². The van der Waals surface area contributed by atoms with Crippen LogP contribution in [0.2, 0.25) is 0 Å². The Morgan fingerprint density at radius 1 is 1.35 bits per heavy atom. The molecular weight excluding hydrogens is 281 g/mol. The molecule has 1 aliphatic rings. The highest BCUT2D eigenvalue weighted by Gasteiger charge is 2.33. The number of benzene rings is 1. The number of amides is 1. The molecule has 0 unspecified atom stereocenters. The summed E-state index contributed by atoms with van der Waals surface area (Å²) >= 11 is 1.41. The van der Waals surface area contributed by atoms with Gasteiger partial charge in [-0.15, -0.1) is 11.8 Å². The second-order valence-electron chi connectivity index (χ2n) is 4.70. The number of hydrogen-bond acceptors (Lipinski definition) is 3. The van der Waals surface area contributed by atoms with Gasteiger partial charge in [-0.1, -0.05) is 12.1 Å². The molecule has 1 N–H and O–H groups in total. The SMILES string of the molecule is O=C(O)[C@@H]1CCCN1C(=O)CSCc1ccc(F)cc1. The van der Waals surface area contributed by atoms with Gasteiger partial charge in [-0.25, -0.2) is 9.18 Å². The minimum absolute atomic E-state index is 0.137. The lowest BCUT2D eigenvalue weighted by molar-refractivity contribution is -0.147. The number of carboxylic acids is 1. The summed E-state index contributed by atoms with van der Waals surface area (Å²) in [6.45, 7) is 0.521. The van der Waals surface area contributed by atoms with Gasteiger partial charge in [-0.2, -0.15) is 0 Å². The number of likely N-dealkylation sites (tertiary alicyclic amines) is 1. The molecule has 1 aromatic carbocycles. The van der Waals surface area contributed by atoms with Crippen molar-refractivity contribution in [3.8, 4) is 0 Å². The van der Waals surface area contributed by atoms with Crippen LogP contribution in [0.1, 0.15) is 18.4 Å². The van der Waals surface area contributed by atoms with Crippen LogP contribution < -0.4 is 0 Å². The zero-order valence-corrected chi connectivity index (χ0v) is 11.7. The Hall–Kier alpha value is -1.56. The number of carbonyl (C=O) groups is 2. The number of rotatable bonds is 5. The van der Waals surface area contributed by atoms with E-state index >= 15 is 0 Å². The summed E-state index contributed by atoms with van der Waals surface area (Å²) in [6, 6.07) is 5.47. The first-order valence-electron chi connectivity index (χ1n) is 6.42. The largest absolute Gasteiger partial charge is 0.480 e. The third-order valence-electron chi connectivity index (χ3n) is 3.27. The molecule has 0 saturated carbocycles. The summed E-state index contributed by atoms with van der Waals surface area (Å²) in [5.74, 6) is -0.490. The third-order valence-corrected chi connectivity index (χ3v) is 4.25. The molecule has 4 nitrogen and oxygen atoms in total. The maximum absolute atomic E-state index is 12.7. The minimum Gasteiger partial charge on any atom is -0.480 e. The van der Waals surface area contributed by atoms with Crippen LogP contribution in [0.25, 0.3) is 0 Å². The maximum atomic E-state index is 12.7. The normalized spacial score (nSPS) is 18.2. The van der Waals surface area contributed by atoms with Gasteiger partial charge in [-0.05, 0) is 30.5 Å². The Bertz CT molecular complexity index is 492. The van der Waals surface area contributed by atoms with Crippen LogP contribution in [0.4, 0.5) is 4.39 Å². The van der Waals surface area contributed by atoms with E-state index in [0.29, 0.717) is 18.7 Å². The number of hydrogen-bond donors (Lipinski definition) is 1. The van der Waals surface area contributed by atoms with E-state index < -0.39 is 12.0 Å². The van der Waals surface area contributed by atoms with E-state index in [9.17, 15) is 14.0 Å². The van der Waals surface area contributed by atoms with E-state index in [1.807, 2.05) is 0 Å². The molecule has 0 aliphatic carbocycles. The van der Waals surface area contributed by atoms with Crippen LogP contribution >= 0.6 is 11.8 Å². The summed E-state index contributed by atoms with van der Waals surface area (Å²) in [4.78, 5) is 24.4. The minimum atomic E-state index is -0.931. The van der Waals surface area contributed by atoms with E-state index in [4.69, 9.17) is 5.11 Å². The van der Waals surface area contributed by atoms with Crippen LogP contribution in [-0.4, -0.2) is 40.2 Å². The quantitative estimate of drug-likeness (QED) is 0.904. The first-order valence-corrected chi connectivity index (χ1v) is 7.58. The second-order valence-corrected chi connectivity index (χ2v) is 5.69. The van der Waals surface area contributed by atoms with Crippen LogP contribution in [-0.2, 0) is 15.3 Å². The molecular formula is C14H16FNO3S. The summed E-state index contributed by atoms with van der Waals surface area (Å²) in [5.41, 5.74) is 0.945. The molecule has 2 rings (SSSR count). The molecule has 1 atom stereocenters. The summed E-state index contributed by atoms with van der Waals surface area (Å²) < 4.78 is 12.7. The molecule has 0 aromatic heterocycles. The number of nitrogens with zero attached hydrogens (tertiary/aromatic N) is 1. The zero-order valence-electron chi connectivity index (χ0n) is 10.9. The standard InChI is InChI=1S/C14H16FNO3S/c15-11-5-3-10(4-6-11)8-20-9-13(17)16-7-1-2-12(16)14(18)19/h3-6,12H,1-2,7-9H2,(H,18,19)/t12-/m0/s1. The van der Waals surface area contributed by atoms with Crippen molar-refractivity contribution < 1.29 is 19.1 Å². The van der Waals surface area contributed by atoms with E-state index in [0.717, 1.165) is 12.0 Å². The molecule has 1 amide bonds. The topological polar surface area (TPSA) is 57.6 Å². The average Bonchev–Trinajstić information content (AvgIpc) is 2.90. The summed E-state index contributed by atoms with van der Waals surface area (Å²) in [5, 5.41) is 9.03. The molecule has 1 aliphatic heterocycles. The molecule has 0 spiro atoms. The first-order chi connectivity index (χ1) is 9.58. The number of halogens is 1. The smallest absolute Gasteiger partial charge is 0.326 e. The van der Waals surface area contributed by atoms with Gasteiger partial charge in [0.05, 0.1) is 5.75 Å². The summed E-state index contributed by atoms with van der Waals surface area (Å²) in [7, 11) is 0. The van der Waals surface area contributed by atoms with E-state index in [1.165, 1.54) is 28.8 Å². The monoisotopic (exact) mass is 297 g/mol. The van der Waals surface area contributed by atoms with Gasteiger partial charge in [0.15, 0.2) is 0 Å². The molecule has 6 heteroatoms. The fourth-order valence-electron chi connectivity index (χ4n) is 2.24. The van der Waals surface area contributed by atoms with Gasteiger partial charge in [-0.3, -0.25) is 4.79 Å². The van der Waals surface area contributed by atoms with E-state index in [2.05, 4.69) is 0 Å². The van der Waals surface area contributed by atoms with Gasteiger partial charge < -0.3 is 10.0 Å². The highest BCUT2D eigenvalue weighted by molar-refractivity contribution is 7.99. The number of aliphatic carboxylic acids is 1. The van der Waals surface area contributed by atoms with E-state index in [-0.39, 0.29) is 17.5 Å². The molecule has 1 saturated heterocycles. The maximum Gasteiger partial charge on any atom is 0.326 e. The molecule has 1 heterocycles. The highest BCUT2D eigenvalue weighted by Crippen LogP contribution is 2.20. The third kappa shape index (κ3) is 3.72. The lowest BCUT2D eigenvalue weighted by Crippen LogP contribution is -2.41. The van der Waals surface area contributed by atoms with Gasteiger partial charge >= 0.3 is 5.97 Å². The fraction of sp³-hybridized carbons (Fsp3) is 0.429. The van der Waals surface area contributed by atoms with Crippen molar-refractivity contribution >= 4 is 23.6 Å². The van der Waals surface area contributed by atoms with Crippen molar-refractivity contribution in [3.63, 3.8) is 0 Å². The predicted molar refractivity (Wildman–Crippen MR) is 74.9 cm³/mol. The van der Waals surface area contributed by atoms with Crippen LogP contribution in [0.3, 0.4) is 0 Å². The lowest BCUT2D eigenvalue weighted by atomic mass is 10.2. The molecule has 1 fully saturated rings. The van der Waals surface area contributed by atoms with Crippen molar-refractivity contribution in [3.05, 3.63) is 35.6 Å². The molecule has 0 bridgehead atoms. The van der Waals surface area contributed by atoms with Crippen molar-refractivity contribution in [2.24, 2.45) is 0 Å². The Morgan fingerprint density at radius 3 is 2.70 bits per heavy atom. The van der Waals surface area contributed by atoms with Gasteiger partial charge in [0.2, 0.25) is 5.91 Å². The molecule has 108 valence electrons. The highest BCUT2D eigenvalue weighted by atomic mass is 32.2. The zero-order chi connectivity index (χ0) is 14.5. The molecule has 1 aromatic rings. The van der Waals surface area contributed by atoms with Crippen LogP contribution in [0.5, 0.6) is 0 Å². The number of thioether (sulfide) groups is 1. The first kappa shape index (κ1) is 14.8. The van der Waals surface area contributed by atoms with Gasteiger partial charge in [0.25, 0.3) is 0 Å². The van der Waals surface area contributed by atoms with Crippen molar-refractivity contribution in [1.82, 2.24) is 4.90 Å². The molecule has 0 radical (unpaired) electrons. The predicted octanol–water partition coefficient (Wildman–Crippen LogP) is 2.13. The second kappa shape index (κ2) is 6.74. The molecule has 20 heavy (non-hydrogen) atoms. The Balaban J connectivity index is 1.80. The van der Waals surface area contributed by atoms with Gasteiger partial charge in [0, 0.05) is 12.3 Å². The Labute approximate surface area is 121 Å². The number of carboxylic acid groups (broad SMARTS) is 1. The Morgan fingerprint density at radius 2 is 2.05 bits per heavy atom. The van der Waals surface area contributed by atoms with Crippen LogP contribution in [0.15, 0.2) is 24.3 Å². The number of carbonyl (C=O) groups excluding carboxylic acids is 1. The summed E-state index contributed by atoms with van der Waals surface area (Å²) in [6.07, 6.45) is 1.27. The average molecular weight is 297 g/mol. The van der Waals surface area contributed by atoms with Crippen molar-refractivity contribution in [2.45, 2.75) is 24.6 Å². The van der Waals surface area contributed by atoms with Crippen molar-refractivity contribution in [2.75, 3.05) is 12.3 Å². The lowest BCUT2D eigenvalue weighted by Gasteiger charge is -2.21. The Kier molecular flexibility index (Phi) is 5.00. The van der Waals surface area contributed by atoms with Crippen molar-refractivity contribution in [1.29, 1.82) is 0 Å².